The van der Waals surface area contributed by atoms with Crippen LogP contribution in [-0.4, -0.2) is 62.1 Å². The molecule has 4 heterocycles. The maximum absolute atomic E-state index is 12.8. The van der Waals surface area contributed by atoms with Gasteiger partial charge in [-0.1, -0.05) is 18.2 Å². The van der Waals surface area contributed by atoms with E-state index in [9.17, 15) is 4.79 Å². The number of aryl methyl sites for hydroxylation is 1. The standard InChI is InChI=1S/C24H23N7O2/c1-16-21(23-30-29-22(33-23)17-6-3-2-4-7-17)28-20(15-26-16)18-8-9-19(27-14-18)24(32)31-12-5-10-25-11-13-31/h2-4,6-9,14-15,25H,5,10-13H2,1H3. The minimum absolute atomic E-state index is 0.0553. The van der Waals surface area contributed by atoms with Gasteiger partial charge >= 0.3 is 0 Å². The molecule has 0 spiro atoms. The third-order valence-electron chi connectivity index (χ3n) is 5.51. The molecule has 0 unspecified atom stereocenters. The van der Waals surface area contributed by atoms with Crippen LogP contribution in [0.25, 0.3) is 34.3 Å². The summed E-state index contributed by atoms with van der Waals surface area (Å²) in [6.07, 6.45) is 4.26. The predicted octanol–water partition coefficient (Wildman–Crippen LogP) is 3.00. The lowest BCUT2D eigenvalue weighted by molar-refractivity contribution is 0.0760. The fourth-order valence-electron chi connectivity index (χ4n) is 3.69. The van der Waals surface area contributed by atoms with Gasteiger partial charge in [-0.2, -0.15) is 0 Å². The van der Waals surface area contributed by atoms with Crippen LogP contribution in [0, 0.1) is 6.92 Å². The maximum Gasteiger partial charge on any atom is 0.272 e. The summed E-state index contributed by atoms with van der Waals surface area (Å²) in [5.41, 5.74) is 3.81. The Morgan fingerprint density at radius 3 is 2.61 bits per heavy atom. The van der Waals surface area contributed by atoms with Crippen molar-refractivity contribution < 1.29 is 9.21 Å². The second-order valence-electron chi connectivity index (χ2n) is 7.80. The Hall–Kier alpha value is -3.98. The van der Waals surface area contributed by atoms with Gasteiger partial charge in [-0.15, -0.1) is 10.2 Å². The van der Waals surface area contributed by atoms with E-state index < -0.39 is 0 Å². The molecular formula is C24H23N7O2. The van der Waals surface area contributed by atoms with Crippen molar-refractivity contribution in [2.75, 3.05) is 26.2 Å². The van der Waals surface area contributed by atoms with E-state index in [2.05, 4.69) is 25.5 Å². The molecule has 1 N–H and O–H groups in total. The highest BCUT2D eigenvalue weighted by Crippen LogP contribution is 2.26. The third-order valence-corrected chi connectivity index (χ3v) is 5.51. The van der Waals surface area contributed by atoms with Gasteiger partial charge in [-0.05, 0) is 44.2 Å². The minimum atomic E-state index is -0.0553. The number of carbonyl (C=O) groups excluding carboxylic acids is 1. The van der Waals surface area contributed by atoms with Crippen molar-refractivity contribution in [3.63, 3.8) is 0 Å². The van der Waals surface area contributed by atoms with Gasteiger partial charge in [0.05, 0.1) is 17.6 Å². The average molecular weight is 441 g/mol. The van der Waals surface area contributed by atoms with Crippen LogP contribution in [-0.2, 0) is 0 Å². The van der Waals surface area contributed by atoms with E-state index in [1.807, 2.05) is 48.2 Å². The number of aromatic nitrogens is 5. The Bertz CT molecular complexity index is 1250. The fraction of sp³-hybridized carbons (Fsp3) is 0.250. The van der Waals surface area contributed by atoms with Gasteiger partial charge in [-0.25, -0.2) is 4.98 Å². The van der Waals surface area contributed by atoms with Crippen molar-refractivity contribution in [2.45, 2.75) is 13.3 Å². The van der Waals surface area contributed by atoms with Crippen LogP contribution in [0.2, 0.25) is 0 Å². The molecule has 33 heavy (non-hydrogen) atoms. The van der Waals surface area contributed by atoms with E-state index in [0.29, 0.717) is 41.1 Å². The molecule has 0 bridgehead atoms. The van der Waals surface area contributed by atoms with Crippen molar-refractivity contribution >= 4 is 5.91 Å². The van der Waals surface area contributed by atoms with Gasteiger partial charge in [0, 0.05) is 37.0 Å². The molecule has 5 rings (SSSR count). The number of hydrogen-bond donors (Lipinski definition) is 1. The van der Waals surface area contributed by atoms with Crippen molar-refractivity contribution in [3.8, 4) is 34.3 Å². The van der Waals surface area contributed by atoms with Gasteiger partial charge in [0.2, 0.25) is 5.89 Å². The maximum atomic E-state index is 12.8. The summed E-state index contributed by atoms with van der Waals surface area (Å²) in [6.45, 7) is 4.99. The van der Waals surface area contributed by atoms with Crippen LogP contribution < -0.4 is 5.32 Å². The normalized spacial score (nSPS) is 14.2. The van der Waals surface area contributed by atoms with Gasteiger partial charge in [0.1, 0.15) is 11.4 Å². The summed E-state index contributed by atoms with van der Waals surface area (Å²) in [5, 5.41) is 11.6. The molecule has 1 saturated heterocycles. The van der Waals surface area contributed by atoms with E-state index >= 15 is 0 Å². The summed E-state index contributed by atoms with van der Waals surface area (Å²) in [5.74, 6) is 0.668. The zero-order valence-corrected chi connectivity index (χ0v) is 18.2. The Kier molecular flexibility index (Phi) is 5.86. The van der Waals surface area contributed by atoms with Crippen molar-refractivity contribution in [1.29, 1.82) is 0 Å². The first-order valence-corrected chi connectivity index (χ1v) is 10.9. The fourth-order valence-corrected chi connectivity index (χ4v) is 3.69. The summed E-state index contributed by atoms with van der Waals surface area (Å²) in [7, 11) is 0. The lowest BCUT2D eigenvalue weighted by Crippen LogP contribution is -2.34. The van der Waals surface area contributed by atoms with E-state index in [4.69, 9.17) is 9.40 Å². The quantitative estimate of drug-likeness (QED) is 0.515. The molecule has 1 amide bonds. The highest BCUT2D eigenvalue weighted by atomic mass is 16.4. The molecular weight excluding hydrogens is 418 g/mol. The molecule has 1 aliphatic heterocycles. The van der Waals surface area contributed by atoms with Gasteiger partial charge in [-0.3, -0.25) is 14.8 Å². The summed E-state index contributed by atoms with van der Waals surface area (Å²) in [6, 6.07) is 13.1. The lowest BCUT2D eigenvalue weighted by Gasteiger charge is -2.19. The molecule has 1 fully saturated rings. The third kappa shape index (κ3) is 4.49. The SMILES string of the molecule is Cc1ncc(-c2ccc(C(=O)N3CCCNCC3)nc2)nc1-c1nnc(-c2ccccc2)o1. The Morgan fingerprint density at radius 1 is 0.939 bits per heavy atom. The summed E-state index contributed by atoms with van der Waals surface area (Å²) < 4.78 is 5.86. The lowest BCUT2D eigenvalue weighted by atomic mass is 10.2. The molecule has 0 radical (unpaired) electrons. The number of nitrogens with zero attached hydrogens (tertiary/aromatic N) is 6. The van der Waals surface area contributed by atoms with Crippen molar-refractivity contribution in [3.05, 3.63) is 66.2 Å². The van der Waals surface area contributed by atoms with Crippen LogP contribution in [0.15, 0.2) is 59.3 Å². The van der Waals surface area contributed by atoms with E-state index in [1.54, 1.807) is 18.5 Å². The van der Waals surface area contributed by atoms with Gasteiger partial charge < -0.3 is 14.6 Å². The van der Waals surface area contributed by atoms with Crippen LogP contribution in [0.3, 0.4) is 0 Å². The highest BCUT2D eigenvalue weighted by Gasteiger charge is 2.19. The molecule has 9 heteroatoms. The smallest absolute Gasteiger partial charge is 0.272 e. The summed E-state index contributed by atoms with van der Waals surface area (Å²) >= 11 is 0. The molecule has 1 aliphatic rings. The topological polar surface area (TPSA) is 110 Å². The number of carbonyl (C=O) groups is 1. The van der Waals surface area contributed by atoms with Crippen LogP contribution in [0.4, 0.5) is 0 Å². The van der Waals surface area contributed by atoms with Gasteiger partial charge in [0.25, 0.3) is 11.8 Å². The summed E-state index contributed by atoms with van der Waals surface area (Å²) in [4.78, 5) is 28.2. The molecule has 0 saturated carbocycles. The number of hydrogen-bond acceptors (Lipinski definition) is 8. The molecule has 4 aromatic rings. The number of amides is 1. The Balaban J connectivity index is 1.39. The second-order valence-corrected chi connectivity index (χ2v) is 7.80. The van der Waals surface area contributed by atoms with E-state index in [0.717, 1.165) is 37.2 Å². The van der Waals surface area contributed by atoms with Crippen LogP contribution in [0.1, 0.15) is 22.6 Å². The zero-order chi connectivity index (χ0) is 22.6. The van der Waals surface area contributed by atoms with Gasteiger partial charge in [0.15, 0.2) is 0 Å². The monoisotopic (exact) mass is 441 g/mol. The molecule has 1 aromatic carbocycles. The molecule has 0 aliphatic carbocycles. The van der Waals surface area contributed by atoms with Crippen molar-refractivity contribution in [1.82, 2.24) is 35.4 Å². The Morgan fingerprint density at radius 2 is 1.79 bits per heavy atom. The van der Waals surface area contributed by atoms with E-state index in [-0.39, 0.29) is 5.91 Å². The Labute approximate surface area is 190 Å². The van der Waals surface area contributed by atoms with Crippen molar-refractivity contribution in [2.24, 2.45) is 0 Å². The zero-order valence-electron chi connectivity index (χ0n) is 18.2. The predicted molar refractivity (Wildman–Crippen MR) is 122 cm³/mol. The van der Waals surface area contributed by atoms with Crippen LogP contribution >= 0.6 is 0 Å². The molecule has 9 nitrogen and oxygen atoms in total. The average Bonchev–Trinajstić information content (AvgIpc) is 3.19. The van der Waals surface area contributed by atoms with E-state index in [1.165, 1.54) is 0 Å². The molecule has 0 atom stereocenters. The molecule has 3 aromatic heterocycles. The second kappa shape index (κ2) is 9.25. The number of nitrogens with one attached hydrogen (secondary N) is 1. The number of rotatable bonds is 4. The number of benzene rings is 1. The first kappa shape index (κ1) is 20.9. The largest absolute Gasteiger partial charge is 0.415 e. The highest BCUT2D eigenvalue weighted by molar-refractivity contribution is 5.92. The number of pyridine rings is 1. The van der Waals surface area contributed by atoms with Crippen LogP contribution in [0.5, 0.6) is 0 Å². The molecule has 166 valence electrons. The first-order chi connectivity index (χ1) is 16.2. The minimum Gasteiger partial charge on any atom is -0.415 e. The first-order valence-electron chi connectivity index (χ1n) is 10.9.